The summed E-state index contributed by atoms with van der Waals surface area (Å²) in [6.07, 6.45) is 2.32. The molecule has 1 aliphatic heterocycles. The fourth-order valence-corrected chi connectivity index (χ4v) is 4.84. The van der Waals surface area contributed by atoms with Gasteiger partial charge >= 0.3 is 0 Å². The van der Waals surface area contributed by atoms with E-state index in [4.69, 9.17) is 0 Å². The lowest BCUT2D eigenvalue weighted by Gasteiger charge is -2.26. The molecule has 0 bridgehead atoms. The van der Waals surface area contributed by atoms with Crippen LogP contribution in [-0.4, -0.2) is 31.7 Å². The number of sulfonamides is 1. The number of carbonyl (C=O) groups is 1. The van der Waals surface area contributed by atoms with Crippen molar-refractivity contribution in [1.82, 2.24) is 9.62 Å². The van der Waals surface area contributed by atoms with E-state index < -0.39 is 44.3 Å². The minimum atomic E-state index is -4.05. The van der Waals surface area contributed by atoms with E-state index in [-0.39, 0.29) is 5.56 Å². The number of amides is 1. The molecule has 29 heavy (non-hydrogen) atoms. The molecule has 1 fully saturated rings. The average molecular weight is 426 g/mol. The Kier molecular flexibility index (Phi) is 6.28. The maximum Gasteiger partial charge on any atom is 0.251 e. The molecule has 1 aliphatic rings. The van der Waals surface area contributed by atoms with Crippen molar-refractivity contribution in [3.63, 3.8) is 0 Å². The third-order valence-corrected chi connectivity index (χ3v) is 6.83. The van der Waals surface area contributed by atoms with E-state index in [2.05, 4.69) is 5.32 Å². The monoisotopic (exact) mass is 426 g/mol. The third kappa shape index (κ3) is 4.62. The van der Waals surface area contributed by atoms with Crippen LogP contribution in [0, 0.1) is 17.5 Å². The normalized spacial score (nSPS) is 16.4. The number of hydrogen-bond donors (Lipinski definition) is 1. The Morgan fingerprint density at radius 3 is 2.28 bits per heavy atom. The summed E-state index contributed by atoms with van der Waals surface area (Å²) in [5, 5.41) is 2.58. The van der Waals surface area contributed by atoms with E-state index in [0.29, 0.717) is 31.5 Å². The first-order valence-electron chi connectivity index (χ1n) is 9.25. The number of nitrogens with zero attached hydrogens (tertiary/aromatic N) is 1. The second-order valence-corrected chi connectivity index (χ2v) is 8.88. The third-order valence-electron chi connectivity index (χ3n) is 4.92. The SMILES string of the molecule is C[C@@H](NC(=O)c1ccc(F)c(S(=O)(=O)N2CCCCC2)c1)c1ccc(F)c(F)c1. The number of carbonyl (C=O) groups excluding carboxylic acids is 1. The van der Waals surface area contributed by atoms with Crippen molar-refractivity contribution in [2.45, 2.75) is 37.1 Å². The lowest BCUT2D eigenvalue weighted by Crippen LogP contribution is -2.36. The van der Waals surface area contributed by atoms with Crippen LogP contribution in [0.3, 0.4) is 0 Å². The highest BCUT2D eigenvalue weighted by atomic mass is 32.2. The van der Waals surface area contributed by atoms with E-state index in [1.807, 2.05) is 0 Å². The summed E-state index contributed by atoms with van der Waals surface area (Å²) in [7, 11) is -4.05. The van der Waals surface area contributed by atoms with Gasteiger partial charge in [-0.2, -0.15) is 4.31 Å². The number of halogens is 3. The molecule has 0 aliphatic carbocycles. The van der Waals surface area contributed by atoms with Gasteiger partial charge in [-0.1, -0.05) is 12.5 Å². The highest BCUT2D eigenvalue weighted by Gasteiger charge is 2.29. The zero-order valence-electron chi connectivity index (χ0n) is 15.8. The lowest BCUT2D eigenvalue weighted by molar-refractivity contribution is 0.0939. The van der Waals surface area contributed by atoms with Crippen LogP contribution in [0.4, 0.5) is 13.2 Å². The van der Waals surface area contributed by atoms with Crippen LogP contribution >= 0.6 is 0 Å². The molecular formula is C20H21F3N2O3S. The quantitative estimate of drug-likeness (QED) is 0.792. The van der Waals surface area contributed by atoms with Gasteiger partial charge in [0.05, 0.1) is 6.04 Å². The van der Waals surface area contributed by atoms with E-state index in [9.17, 15) is 26.4 Å². The highest BCUT2D eigenvalue weighted by Crippen LogP contribution is 2.24. The Morgan fingerprint density at radius 2 is 1.62 bits per heavy atom. The van der Waals surface area contributed by atoms with E-state index >= 15 is 0 Å². The van der Waals surface area contributed by atoms with Crippen LogP contribution in [-0.2, 0) is 10.0 Å². The van der Waals surface area contributed by atoms with Crippen LogP contribution in [0.5, 0.6) is 0 Å². The van der Waals surface area contributed by atoms with Gasteiger partial charge in [-0.15, -0.1) is 0 Å². The summed E-state index contributed by atoms with van der Waals surface area (Å²) in [5.74, 6) is -3.63. The Morgan fingerprint density at radius 1 is 0.966 bits per heavy atom. The summed E-state index contributed by atoms with van der Waals surface area (Å²) >= 11 is 0. The van der Waals surface area contributed by atoms with Crippen molar-refractivity contribution in [3.05, 3.63) is 65.0 Å². The number of piperidine rings is 1. The molecule has 0 radical (unpaired) electrons. The largest absolute Gasteiger partial charge is 0.346 e. The minimum absolute atomic E-state index is 0.0450. The average Bonchev–Trinajstić information content (AvgIpc) is 2.70. The van der Waals surface area contributed by atoms with Gasteiger partial charge in [-0.05, 0) is 55.7 Å². The first kappa shape index (κ1) is 21.3. The zero-order valence-corrected chi connectivity index (χ0v) is 16.6. The van der Waals surface area contributed by atoms with Crippen molar-refractivity contribution in [1.29, 1.82) is 0 Å². The zero-order chi connectivity index (χ0) is 21.2. The van der Waals surface area contributed by atoms with E-state index in [0.717, 1.165) is 30.7 Å². The molecule has 0 unspecified atom stereocenters. The molecule has 0 aromatic heterocycles. The summed E-state index contributed by atoms with van der Waals surface area (Å²) < 4.78 is 67.5. The molecule has 156 valence electrons. The highest BCUT2D eigenvalue weighted by molar-refractivity contribution is 7.89. The van der Waals surface area contributed by atoms with Crippen molar-refractivity contribution in [2.75, 3.05) is 13.1 Å². The molecule has 1 N–H and O–H groups in total. The fourth-order valence-electron chi connectivity index (χ4n) is 3.23. The summed E-state index contributed by atoms with van der Waals surface area (Å²) in [6, 6.07) is 5.70. The van der Waals surface area contributed by atoms with Gasteiger partial charge in [0, 0.05) is 18.7 Å². The molecule has 1 heterocycles. The van der Waals surface area contributed by atoms with Crippen LogP contribution in [0.25, 0.3) is 0 Å². The standard InChI is InChI=1S/C20H21F3N2O3S/c1-13(14-5-7-16(21)18(23)11-14)24-20(26)15-6-8-17(22)19(12-15)29(27,28)25-9-3-2-4-10-25/h5-8,11-13H,2-4,9-10H2,1H3,(H,24,26)/t13-/m1/s1. The number of hydrogen-bond acceptors (Lipinski definition) is 3. The number of rotatable bonds is 5. The van der Waals surface area contributed by atoms with Crippen LogP contribution in [0.1, 0.15) is 48.1 Å². The molecule has 5 nitrogen and oxygen atoms in total. The predicted octanol–water partition coefficient (Wildman–Crippen LogP) is 3.77. The minimum Gasteiger partial charge on any atom is -0.346 e. The smallest absolute Gasteiger partial charge is 0.251 e. The van der Waals surface area contributed by atoms with E-state index in [1.54, 1.807) is 6.92 Å². The van der Waals surface area contributed by atoms with Gasteiger partial charge in [0.2, 0.25) is 10.0 Å². The van der Waals surface area contributed by atoms with Crippen molar-refractivity contribution in [2.24, 2.45) is 0 Å². The van der Waals surface area contributed by atoms with Crippen LogP contribution < -0.4 is 5.32 Å². The first-order valence-corrected chi connectivity index (χ1v) is 10.7. The molecule has 2 aromatic carbocycles. The summed E-state index contributed by atoms with van der Waals surface area (Å²) in [5.41, 5.74) is 0.289. The Balaban J connectivity index is 1.82. The molecule has 3 rings (SSSR count). The molecule has 0 saturated carbocycles. The predicted molar refractivity (Wildman–Crippen MR) is 101 cm³/mol. The van der Waals surface area contributed by atoms with Gasteiger partial charge in [0.15, 0.2) is 11.6 Å². The molecule has 2 aromatic rings. The molecule has 9 heteroatoms. The van der Waals surface area contributed by atoms with E-state index in [1.165, 1.54) is 16.4 Å². The Hall–Kier alpha value is -2.39. The second-order valence-electron chi connectivity index (χ2n) is 6.98. The molecule has 0 spiro atoms. The fraction of sp³-hybridized carbons (Fsp3) is 0.350. The lowest BCUT2D eigenvalue weighted by atomic mass is 10.1. The van der Waals surface area contributed by atoms with Crippen molar-refractivity contribution >= 4 is 15.9 Å². The van der Waals surface area contributed by atoms with Gasteiger partial charge in [-0.25, -0.2) is 21.6 Å². The molecular weight excluding hydrogens is 405 g/mol. The Labute approximate surface area is 167 Å². The van der Waals surface area contributed by atoms with Gasteiger partial charge in [0.25, 0.3) is 5.91 Å². The first-order chi connectivity index (χ1) is 13.7. The van der Waals surface area contributed by atoms with Crippen molar-refractivity contribution in [3.8, 4) is 0 Å². The summed E-state index contributed by atoms with van der Waals surface area (Å²) in [6.45, 7) is 2.19. The van der Waals surface area contributed by atoms with Gasteiger partial charge in [-0.3, -0.25) is 4.79 Å². The molecule has 1 saturated heterocycles. The molecule has 1 amide bonds. The Bertz CT molecular complexity index is 1020. The maximum atomic E-state index is 14.3. The number of nitrogens with one attached hydrogen (secondary N) is 1. The molecule has 1 atom stereocenters. The van der Waals surface area contributed by atoms with Crippen LogP contribution in [0.15, 0.2) is 41.3 Å². The second kappa shape index (κ2) is 8.54. The topological polar surface area (TPSA) is 66.5 Å². The summed E-state index contributed by atoms with van der Waals surface area (Å²) in [4.78, 5) is 12.0. The maximum absolute atomic E-state index is 14.3. The van der Waals surface area contributed by atoms with Crippen LogP contribution in [0.2, 0.25) is 0 Å². The van der Waals surface area contributed by atoms with Gasteiger partial charge in [0.1, 0.15) is 10.7 Å². The van der Waals surface area contributed by atoms with Crippen molar-refractivity contribution < 1.29 is 26.4 Å². The number of benzene rings is 2. The van der Waals surface area contributed by atoms with Gasteiger partial charge < -0.3 is 5.32 Å².